The van der Waals surface area contributed by atoms with Crippen LogP contribution in [0.25, 0.3) is 12.2 Å². The van der Waals surface area contributed by atoms with Crippen LogP contribution in [0.2, 0.25) is 0 Å². The number of aromatic hydroxyl groups is 2. The number of amides is 2. The molecule has 410 valence electrons. The van der Waals surface area contributed by atoms with Gasteiger partial charge in [0, 0.05) is 19.8 Å². The minimum absolute atomic E-state index is 0.0686. The molecule has 7 rings (SSSR count). The van der Waals surface area contributed by atoms with Gasteiger partial charge in [-0.1, -0.05) is 54.6 Å². The minimum Gasteiger partial charge on any atom is -0.508 e. The Kier molecular flexibility index (Phi) is 18.0. The maximum atomic E-state index is 14.5. The number of ketones is 5. The van der Waals surface area contributed by atoms with Gasteiger partial charge in [0.25, 0.3) is 0 Å². The van der Waals surface area contributed by atoms with Crippen molar-refractivity contribution in [2.45, 2.75) is 72.2 Å². The zero-order valence-electron chi connectivity index (χ0n) is 40.5. The fraction of sp³-hybridized carbons (Fsp3) is 0.308. The largest absolute Gasteiger partial charge is 0.508 e. The Hall–Kier alpha value is -7.76. The number of rotatable bonds is 12. The number of phenols is 2. The van der Waals surface area contributed by atoms with Gasteiger partial charge in [0.15, 0.2) is 11.6 Å². The molecule has 2 aliphatic heterocycles. The maximum Gasteiger partial charge on any atom is 0.321 e. The van der Waals surface area contributed by atoms with Gasteiger partial charge >= 0.3 is 6.03 Å². The molecule has 0 aromatic heterocycles. The van der Waals surface area contributed by atoms with Crippen LogP contribution in [0.15, 0.2) is 137 Å². The van der Waals surface area contributed by atoms with Crippen LogP contribution in [-0.4, -0.2) is 216 Å². The van der Waals surface area contributed by atoms with Crippen LogP contribution >= 0.6 is 0 Å². The zero-order chi connectivity index (χ0) is 57.0. The monoisotopic (exact) mass is 1070 g/mol. The number of anilines is 1. The molecule has 3 aromatic carbocycles. The van der Waals surface area contributed by atoms with E-state index in [1.165, 1.54) is 53.4 Å². The molecule has 2 amide bonds. The lowest BCUT2D eigenvalue weighted by Gasteiger charge is -2.47. The lowest BCUT2D eigenvalue weighted by atomic mass is 9.70. The van der Waals surface area contributed by atoms with Crippen molar-refractivity contribution >= 4 is 52.8 Å². The van der Waals surface area contributed by atoms with Crippen molar-refractivity contribution < 1.29 is 115 Å². The first kappa shape index (κ1) is 58.5. The second-order valence-electron chi connectivity index (χ2n) is 18.1. The van der Waals surface area contributed by atoms with Crippen LogP contribution in [-0.2, 0) is 33.4 Å². The van der Waals surface area contributed by atoms with E-state index in [4.69, 9.17) is 9.47 Å². The normalized spacial score (nSPS) is 30.4. The summed E-state index contributed by atoms with van der Waals surface area (Å²) in [4.78, 5) is 83.5. The Balaban J connectivity index is 0.000000705. The third-order valence-corrected chi connectivity index (χ3v) is 12.8. The molecule has 25 heteroatoms. The summed E-state index contributed by atoms with van der Waals surface area (Å²) >= 11 is 0. The predicted molar refractivity (Wildman–Crippen MR) is 263 cm³/mol. The number of hydrogen-bond donors (Lipinski definition) is 16. The number of hydrogen-bond acceptors (Lipinski definition) is 23. The molecule has 2 heterocycles. The van der Waals surface area contributed by atoms with Crippen molar-refractivity contribution in [1.29, 1.82) is 0 Å². The van der Waals surface area contributed by atoms with Gasteiger partial charge in [0.05, 0.1) is 24.4 Å². The number of carbonyl (C=O) groups excluding carboxylic acids is 6. The predicted octanol–water partition coefficient (Wildman–Crippen LogP) is -2.01. The minimum atomic E-state index is -3.89. The van der Waals surface area contributed by atoms with Crippen LogP contribution in [0, 0.1) is 0 Å². The smallest absolute Gasteiger partial charge is 0.321 e. The number of nitrogens with zero attached hydrogens (tertiary/aromatic N) is 1. The fourth-order valence-corrected chi connectivity index (χ4v) is 8.44. The van der Waals surface area contributed by atoms with E-state index in [9.17, 15) is 105 Å². The number of para-hydroxylation sites is 1. The quantitative estimate of drug-likeness (QED) is 0.0688. The zero-order valence-corrected chi connectivity index (χ0v) is 40.5. The number of phenolic OH excluding ortho intramolecular Hbond substituents is 2. The molecule has 1 unspecified atom stereocenters. The average molecular weight is 1070 g/mol. The van der Waals surface area contributed by atoms with E-state index in [-0.39, 0.29) is 34.7 Å². The molecule has 0 radical (unpaired) electrons. The average Bonchev–Trinajstić information content (AvgIpc) is 3.46. The van der Waals surface area contributed by atoms with Gasteiger partial charge in [-0.25, -0.2) is 4.79 Å². The summed E-state index contributed by atoms with van der Waals surface area (Å²) in [6, 6.07) is 19.2. The highest BCUT2D eigenvalue weighted by Crippen LogP contribution is 2.45. The van der Waals surface area contributed by atoms with Crippen LogP contribution in [0.3, 0.4) is 0 Å². The first-order valence-electron chi connectivity index (χ1n) is 23.0. The summed E-state index contributed by atoms with van der Waals surface area (Å²) in [5.41, 5.74) is -12.6. The number of urea groups is 1. The van der Waals surface area contributed by atoms with E-state index >= 15 is 0 Å². The third-order valence-electron chi connectivity index (χ3n) is 12.8. The molecule has 25 nitrogen and oxygen atoms in total. The number of Topliss-reactive ketones (excluding diaryl/α,β-unsaturated/α-hetero) is 3. The number of ether oxygens (including phenoxy) is 2. The van der Waals surface area contributed by atoms with Gasteiger partial charge in [-0.05, 0) is 65.8 Å². The Morgan fingerprint density at radius 3 is 1.42 bits per heavy atom. The molecule has 2 aliphatic carbocycles. The lowest BCUT2D eigenvalue weighted by molar-refractivity contribution is -0.265. The van der Waals surface area contributed by atoms with Gasteiger partial charge in [-0.15, -0.1) is 0 Å². The molecule has 77 heavy (non-hydrogen) atoms. The number of nitrogens with one attached hydrogen (secondary N) is 1. The topological polar surface area (TPSA) is 440 Å². The van der Waals surface area contributed by atoms with Crippen molar-refractivity contribution in [2.75, 3.05) is 32.6 Å². The molecular formula is C52H54N2O23. The van der Waals surface area contributed by atoms with Crippen molar-refractivity contribution in [3.63, 3.8) is 0 Å². The summed E-state index contributed by atoms with van der Waals surface area (Å²) in [7, 11) is 3.41. The Bertz CT molecular complexity index is 2960. The maximum absolute atomic E-state index is 14.5. The van der Waals surface area contributed by atoms with E-state index in [0.29, 0.717) is 12.2 Å². The van der Waals surface area contributed by atoms with Crippen molar-refractivity contribution in [3.8, 4) is 11.5 Å². The highest BCUT2D eigenvalue weighted by Gasteiger charge is 2.64. The van der Waals surface area contributed by atoms with Gasteiger partial charge in [0.1, 0.15) is 101 Å². The van der Waals surface area contributed by atoms with E-state index in [0.717, 1.165) is 17.8 Å². The van der Waals surface area contributed by atoms with Gasteiger partial charge in [-0.2, -0.15) is 0 Å². The summed E-state index contributed by atoms with van der Waals surface area (Å²) < 4.78 is 10.7. The lowest BCUT2D eigenvalue weighted by Crippen LogP contribution is -2.69. The van der Waals surface area contributed by atoms with Crippen LogP contribution in [0.4, 0.5) is 10.5 Å². The highest BCUT2D eigenvalue weighted by molar-refractivity contribution is 6.42. The molecule has 2 fully saturated rings. The van der Waals surface area contributed by atoms with Gasteiger partial charge in [-0.3, -0.25) is 24.0 Å². The first-order chi connectivity index (χ1) is 36.2. The second-order valence-corrected chi connectivity index (χ2v) is 18.1. The summed E-state index contributed by atoms with van der Waals surface area (Å²) in [6.45, 7) is -2.32. The molecule has 4 aliphatic rings. The van der Waals surface area contributed by atoms with Crippen molar-refractivity contribution in [1.82, 2.24) is 4.90 Å². The Morgan fingerprint density at radius 1 is 0.571 bits per heavy atom. The van der Waals surface area contributed by atoms with Gasteiger partial charge in [0.2, 0.25) is 28.6 Å². The fourth-order valence-electron chi connectivity index (χ4n) is 8.44. The molecule has 0 bridgehead atoms. The Labute approximate surface area is 435 Å². The molecule has 2 saturated heterocycles. The standard InChI is InChI=1S/C43H42O22.C9H12N2O/c44-14-24-30(52)32(54)34(56)40(64-24)42(62)36(58)20(28(50)26(38(42)60)22(48)11-5-16-1-7-18(46)8-2-16)13-21-29(51)27(23(49)12-6-17-3-9-19(47)10-4-17)39(61)43(63,37(21)59)41-35(57)33(55)31(53)25(15-45)65-41;1-11(2)9(12)10-8-6-4-3-5-7-8/h1-13,24-25,30-35,40-41,44-47,52-58,60-63H,14-15H2;3-7H,1-2H3,(H,10,12)/b11-5+,12-6+,21-13-;/t24-,25-,30-,31-,32+,33+,34-,35-,40-,41-,42?,43-;/m1./s1. The number of carbonyl (C=O) groups is 6. The number of benzene rings is 3. The van der Waals surface area contributed by atoms with Crippen LogP contribution < -0.4 is 5.32 Å². The highest BCUT2D eigenvalue weighted by atomic mass is 16.6. The molecule has 0 spiro atoms. The number of allylic oxidation sites excluding steroid dienone is 6. The number of aliphatic hydroxyl groups excluding tert-OH is 11. The van der Waals surface area contributed by atoms with Gasteiger partial charge < -0.3 is 96.3 Å². The van der Waals surface area contributed by atoms with Crippen LogP contribution in [0.5, 0.6) is 11.5 Å². The molecule has 16 N–H and O–H groups in total. The summed E-state index contributed by atoms with van der Waals surface area (Å²) in [5.74, 6) is -14.7. The van der Waals surface area contributed by atoms with Crippen molar-refractivity contribution in [2.24, 2.45) is 0 Å². The molecule has 3 aromatic rings. The van der Waals surface area contributed by atoms with E-state index in [1.54, 1.807) is 14.1 Å². The van der Waals surface area contributed by atoms with Crippen molar-refractivity contribution in [3.05, 3.63) is 148 Å². The van der Waals surface area contributed by atoms with E-state index in [2.05, 4.69) is 5.32 Å². The first-order valence-corrected chi connectivity index (χ1v) is 23.0. The Morgan fingerprint density at radius 2 is 0.987 bits per heavy atom. The molecule has 0 saturated carbocycles. The van der Waals surface area contributed by atoms with Crippen LogP contribution in [0.1, 0.15) is 11.1 Å². The van der Waals surface area contributed by atoms with E-state index < -0.39 is 154 Å². The third kappa shape index (κ3) is 11.4. The SMILES string of the molecule is CN(C)C(=O)Nc1ccccc1.O=C(/C=C/c1ccc(O)cc1)C1=C(O)C(O)([C@@H]2O[C@H](CO)[C@@H](O)[C@H](O)[C@H]2O)C(O)=C(/C=C2/C(=O)C(C(=O)/C=C/c3ccc(O)cc3)=C(O)[C@@](O)([C@@H]3O[C@H](CO)[C@@H](O)[C@H](O)[C@H]3O)C2=O)C1=O. The molecule has 12 atom stereocenters. The number of aliphatic hydroxyl groups is 13. The van der Waals surface area contributed by atoms with E-state index in [1.807, 2.05) is 30.3 Å². The molecular weight excluding hydrogens is 1020 g/mol. The summed E-state index contributed by atoms with van der Waals surface area (Å²) in [5, 5.41) is 165. The second kappa shape index (κ2) is 23.6. The summed E-state index contributed by atoms with van der Waals surface area (Å²) in [6.07, 6.45) is -19.9.